The predicted octanol–water partition coefficient (Wildman–Crippen LogP) is 3.85. The molecular formula is C11H13Br2ClO2. The number of hydrogen-bond donors (Lipinski definition) is 0. The van der Waals surface area contributed by atoms with E-state index in [1.807, 2.05) is 0 Å². The number of halogens is 3. The average molecular weight is 372 g/mol. The fourth-order valence-electron chi connectivity index (χ4n) is 1.06. The Hall–Kier alpha value is -0.0600. The van der Waals surface area contributed by atoms with Gasteiger partial charge >= 0.3 is 0 Å². The van der Waals surface area contributed by atoms with Gasteiger partial charge in [0.25, 0.3) is 0 Å². The Morgan fingerprint density at radius 2 is 1.94 bits per heavy atom. The van der Waals surface area contributed by atoms with Gasteiger partial charge in [0.05, 0.1) is 11.9 Å². The molecule has 0 radical (unpaired) electrons. The van der Waals surface area contributed by atoms with Crippen molar-refractivity contribution >= 4 is 50.3 Å². The van der Waals surface area contributed by atoms with Crippen LogP contribution in [0.1, 0.15) is 16.8 Å². The molecule has 0 N–H and O–H groups in total. The molecule has 0 fully saturated rings. The SMILES string of the molecule is Br.O=C(CBr)c1ccc(OCCCCl)cc1. The van der Waals surface area contributed by atoms with Crippen LogP contribution in [0.4, 0.5) is 0 Å². The quantitative estimate of drug-likeness (QED) is 0.431. The predicted molar refractivity (Wildman–Crippen MR) is 75.7 cm³/mol. The molecule has 5 heteroatoms. The number of alkyl halides is 2. The lowest BCUT2D eigenvalue weighted by Crippen LogP contribution is -2.01. The lowest BCUT2D eigenvalue weighted by atomic mass is 10.1. The van der Waals surface area contributed by atoms with Gasteiger partial charge < -0.3 is 4.74 Å². The van der Waals surface area contributed by atoms with E-state index in [-0.39, 0.29) is 22.8 Å². The molecule has 1 rings (SSSR count). The van der Waals surface area contributed by atoms with E-state index >= 15 is 0 Å². The topological polar surface area (TPSA) is 26.3 Å². The first-order chi connectivity index (χ1) is 7.27. The first kappa shape index (κ1) is 15.9. The van der Waals surface area contributed by atoms with Gasteiger partial charge in [-0.1, -0.05) is 15.9 Å². The fourth-order valence-corrected chi connectivity index (χ4v) is 1.49. The molecule has 0 saturated heterocycles. The van der Waals surface area contributed by atoms with Crippen LogP contribution in [-0.4, -0.2) is 23.6 Å². The van der Waals surface area contributed by atoms with Crippen LogP contribution in [0.2, 0.25) is 0 Å². The van der Waals surface area contributed by atoms with E-state index in [1.54, 1.807) is 24.3 Å². The van der Waals surface area contributed by atoms with Crippen LogP contribution in [-0.2, 0) is 0 Å². The third-order valence-electron chi connectivity index (χ3n) is 1.84. The first-order valence-electron chi connectivity index (χ1n) is 4.66. The molecule has 0 aliphatic rings. The molecule has 0 heterocycles. The highest BCUT2D eigenvalue weighted by molar-refractivity contribution is 9.09. The van der Waals surface area contributed by atoms with Crippen molar-refractivity contribution in [3.05, 3.63) is 29.8 Å². The Bertz CT molecular complexity index is 314. The first-order valence-corrected chi connectivity index (χ1v) is 6.31. The molecule has 1 aromatic carbocycles. The van der Waals surface area contributed by atoms with Crippen LogP contribution in [0, 0.1) is 0 Å². The summed E-state index contributed by atoms with van der Waals surface area (Å²) < 4.78 is 5.41. The van der Waals surface area contributed by atoms with Crippen LogP contribution >= 0.6 is 44.5 Å². The largest absolute Gasteiger partial charge is 0.494 e. The zero-order chi connectivity index (χ0) is 11.1. The van der Waals surface area contributed by atoms with Crippen LogP contribution in [0.5, 0.6) is 5.75 Å². The fraction of sp³-hybridized carbons (Fsp3) is 0.364. The van der Waals surface area contributed by atoms with Crippen LogP contribution in [0.25, 0.3) is 0 Å². The van der Waals surface area contributed by atoms with Crippen molar-refractivity contribution in [2.24, 2.45) is 0 Å². The smallest absolute Gasteiger partial charge is 0.173 e. The molecule has 90 valence electrons. The average Bonchev–Trinajstić information content (AvgIpc) is 2.29. The van der Waals surface area contributed by atoms with E-state index in [2.05, 4.69) is 15.9 Å². The van der Waals surface area contributed by atoms with Crippen LogP contribution in [0.3, 0.4) is 0 Å². The molecule has 16 heavy (non-hydrogen) atoms. The number of carbonyl (C=O) groups excluding carboxylic acids is 1. The minimum absolute atomic E-state index is 0. The monoisotopic (exact) mass is 370 g/mol. The van der Waals surface area contributed by atoms with Gasteiger partial charge in [-0.2, -0.15) is 0 Å². The lowest BCUT2D eigenvalue weighted by Gasteiger charge is -2.05. The van der Waals surface area contributed by atoms with E-state index in [9.17, 15) is 4.79 Å². The minimum atomic E-state index is 0. The van der Waals surface area contributed by atoms with Gasteiger partial charge in [0.1, 0.15) is 5.75 Å². The van der Waals surface area contributed by atoms with E-state index < -0.39 is 0 Å². The van der Waals surface area contributed by atoms with E-state index in [1.165, 1.54) is 0 Å². The number of benzene rings is 1. The Morgan fingerprint density at radius 1 is 1.31 bits per heavy atom. The molecule has 2 nitrogen and oxygen atoms in total. The molecule has 0 atom stereocenters. The van der Waals surface area contributed by atoms with E-state index in [0.717, 1.165) is 12.2 Å². The van der Waals surface area contributed by atoms with Gasteiger partial charge in [-0.3, -0.25) is 4.79 Å². The Kier molecular flexibility index (Phi) is 8.99. The third-order valence-corrected chi connectivity index (χ3v) is 2.62. The van der Waals surface area contributed by atoms with Crippen molar-refractivity contribution in [2.45, 2.75) is 6.42 Å². The summed E-state index contributed by atoms with van der Waals surface area (Å²) in [4.78, 5) is 11.3. The van der Waals surface area contributed by atoms with Gasteiger partial charge in [0.15, 0.2) is 5.78 Å². The maximum absolute atomic E-state index is 11.3. The molecule has 0 amide bonds. The molecule has 0 unspecified atom stereocenters. The molecule has 0 aliphatic carbocycles. The molecule has 0 aromatic heterocycles. The number of rotatable bonds is 6. The maximum atomic E-state index is 11.3. The molecule has 1 aromatic rings. The van der Waals surface area contributed by atoms with Crippen molar-refractivity contribution in [3.8, 4) is 5.75 Å². The van der Waals surface area contributed by atoms with E-state index in [0.29, 0.717) is 23.4 Å². The summed E-state index contributed by atoms with van der Waals surface area (Å²) in [5, 5.41) is 0.347. The highest BCUT2D eigenvalue weighted by Gasteiger charge is 2.03. The Balaban J connectivity index is 0.00000225. The Labute approximate surface area is 119 Å². The van der Waals surface area contributed by atoms with Gasteiger partial charge in [-0.25, -0.2) is 0 Å². The highest BCUT2D eigenvalue weighted by atomic mass is 79.9. The standard InChI is InChI=1S/C11H12BrClO2.BrH/c12-8-11(14)9-2-4-10(5-3-9)15-7-1-6-13;/h2-5H,1,6-8H2;1H. The van der Waals surface area contributed by atoms with E-state index in [4.69, 9.17) is 16.3 Å². The zero-order valence-electron chi connectivity index (χ0n) is 8.62. The van der Waals surface area contributed by atoms with Crippen molar-refractivity contribution in [1.29, 1.82) is 0 Å². The summed E-state index contributed by atoms with van der Waals surface area (Å²) in [6.07, 6.45) is 0.823. The second kappa shape index (κ2) is 9.02. The van der Waals surface area contributed by atoms with Gasteiger partial charge in [-0.15, -0.1) is 28.6 Å². The lowest BCUT2D eigenvalue weighted by molar-refractivity contribution is 0.102. The number of Topliss-reactive ketones (excluding diaryl/α,β-unsaturated/α-hetero) is 1. The second-order valence-electron chi connectivity index (χ2n) is 2.97. The van der Waals surface area contributed by atoms with Crippen molar-refractivity contribution in [1.82, 2.24) is 0 Å². The molecule has 0 bridgehead atoms. The minimum Gasteiger partial charge on any atom is -0.494 e. The summed E-state index contributed by atoms with van der Waals surface area (Å²) in [5.74, 6) is 1.44. The van der Waals surface area contributed by atoms with Crippen molar-refractivity contribution < 1.29 is 9.53 Å². The highest BCUT2D eigenvalue weighted by Crippen LogP contribution is 2.13. The summed E-state index contributed by atoms with van der Waals surface area (Å²) >= 11 is 8.65. The summed E-state index contributed by atoms with van der Waals surface area (Å²) in [5.41, 5.74) is 0.691. The summed E-state index contributed by atoms with van der Waals surface area (Å²) in [6.45, 7) is 0.606. The van der Waals surface area contributed by atoms with Gasteiger partial charge in [0, 0.05) is 11.4 Å². The molecular weight excluding hydrogens is 359 g/mol. The Morgan fingerprint density at radius 3 is 2.44 bits per heavy atom. The molecule has 0 spiro atoms. The number of carbonyl (C=O) groups is 1. The zero-order valence-corrected chi connectivity index (χ0v) is 12.7. The summed E-state index contributed by atoms with van der Waals surface area (Å²) in [7, 11) is 0. The number of ether oxygens (including phenoxy) is 1. The van der Waals surface area contributed by atoms with Crippen molar-refractivity contribution in [2.75, 3.05) is 17.8 Å². The van der Waals surface area contributed by atoms with Crippen LogP contribution < -0.4 is 4.74 Å². The third kappa shape index (κ3) is 5.32. The second-order valence-corrected chi connectivity index (χ2v) is 3.91. The maximum Gasteiger partial charge on any atom is 0.173 e. The number of hydrogen-bond acceptors (Lipinski definition) is 2. The van der Waals surface area contributed by atoms with Gasteiger partial charge in [-0.05, 0) is 30.7 Å². The molecule has 0 saturated carbocycles. The molecule has 0 aliphatic heterocycles. The summed E-state index contributed by atoms with van der Waals surface area (Å²) in [6, 6.07) is 7.12. The normalized spacial score (nSPS) is 9.38. The van der Waals surface area contributed by atoms with Gasteiger partial charge in [0.2, 0.25) is 0 Å². The van der Waals surface area contributed by atoms with Crippen molar-refractivity contribution in [3.63, 3.8) is 0 Å². The number of ketones is 1. The van der Waals surface area contributed by atoms with Crippen LogP contribution in [0.15, 0.2) is 24.3 Å².